The van der Waals surface area contributed by atoms with E-state index in [2.05, 4.69) is 35.4 Å². The van der Waals surface area contributed by atoms with Gasteiger partial charge >= 0.3 is 0 Å². The highest BCUT2D eigenvalue weighted by atomic mass is 15.3. The Morgan fingerprint density at radius 2 is 2.12 bits per heavy atom. The fourth-order valence-electron chi connectivity index (χ4n) is 2.23. The maximum Gasteiger partial charge on any atom is 0.0764 e. The molecular weight excluding hydrogens is 200 g/mol. The zero-order chi connectivity index (χ0) is 11.6. The van der Waals surface area contributed by atoms with E-state index >= 15 is 0 Å². The topological polar surface area (TPSA) is 33.1 Å². The van der Waals surface area contributed by atoms with Gasteiger partial charge in [0.1, 0.15) is 0 Å². The molecule has 1 aliphatic heterocycles. The summed E-state index contributed by atoms with van der Waals surface area (Å²) in [6, 6.07) is 2.10. The molecule has 0 bridgehead atoms. The van der Waals surface area contributed by atoms with Crippen molar-refractivity contribution in [2.75, 3.05) is 20.1 Å². The fraction of sp³-hybridized carbons (Fsp3) is 0.750. The van der Waals surface area contributed by atoms with Crippen LogP contribution >= 0.6 is 0 Å². The van der Waals surface area contributed by atoms with E-state index in [-0.39, 0.29) is 0 Å². The predicted molar refractivity (Wildman–Crippen MR) is 65.2 cm³/mol. The van der Waals surface area contributed by atoms with Crippen molar-refractivity contribution in [2.24, 2.45) is 7.05 Å². The van der Waals surface area contributed by atoms with E-state index in [0.29, 0.717) is 5.54 Å². The van der Waals surface area contributed by atoms with Crippen LogP contribution in [0.3, 0.4) is 0 Å². The quantitative estimate of drug-likeness (QED) is 0.828. The second kappa shape index (κ2) is 4.55. The van der Waals surface area contributed by atoms with Gasteiger partial charge in [-0.3, -0.25) is 9.58 Å². The van der Waals surface area contributed by atoms with Crippen molar-refractivity contribution >= 4 is 0 Å². The van der Waals surface area contributed by atoms with E-state index in [1.54, 1.807) is 0 Å². The van der Waals surface area contributed by atoms with Crippen LogP contribution in [-0.2, 0) is 13.6 Å². The van der Waals surface area contributed by atoms with E-state index in [1.807, 2.05) is 17.9 Å². The van der Waals surface area contributed by atoms with E-state index in [4.69, 9.17) is 0 Å². The van der Waals surface area contributed by atoms with Gasteiger partial charge in [-0.25, -0.2) is 0 Å². The van der Waals surface area contributed by atoms with Crippen molar-refractivity contribution in [1.82, 2.24) is 20.0 Å². The van der Waals surface area contributed by atoms with E-state index in [0.717, 1.165) is 19.6 Å². The molecule has 1 saturated heterocycles. The molecular formula is C12H22N4. The number of rotatable bonds is 3. The van der Waals surface area contributed by atoms with Gasteiger partial charge in [0.15, 0.2) is 0 Å². The Labute approximate surface area is 97.6 Å². The Bertz CT molecular complexity index is 337. The lowest BCUT2D eigenvalue weighted by Crippen LogP contribution is -2.49. The van der Waals surface area contributed by atoms with Crippen LogP contribution in [0.15, 0.2) is 12.3 Å². The number of aromatic nitrogens is 2. The van der Waals surface area contributed by atoms with Gasteiger partial charge in [-0.1, -0.05) is 0 Å². The van der Waals surface area contributed by atoms with Gasteiger partial charge in [-0.2, -0.15) is 5.10 Å². The highest BCUT2D eigenvalue weighted by Crippen LogP contribution is 2.21. The van der Waals surface area contributed by atoms with E-state index in [9.17, 15) is 0 Å². The SMILES string of the molecule is CNC1(C)CCN(Cc2ccn(C)n2)CC1. The molecule has 1 fully saturated rings. The molecule has 1 aromatic rings. The van der Waals surface area contributed by atoms with Crippen LogP contribution in [0.25, 0.3) is 0 Å². The first kappa shape index (κ1) is 11.6. The molecule has 0 aromatic carbocycles. The Hall–Kier alpha value is -0.870. The van der Waals surface area contributed by atoms with Gasteiger partial charge < -0.3 is 5.32 Å². The van der Waals surface area contributed by atoms with Crippen LogP contribution in [0.2, 0.25) is 0 Å². The molecule has 16 heavy (non-hydrogen) atoms. The zero-order valence-electron chi connectivity index (χ0n) is 10.5. The predicted octanol–water partition coefficient (Wildman–Crippen LogP) is 0.994. The average Bonchev–Trinajstić information content (AvgIpc) is 2.68. The molecule has 0 atom stereocenters. The monoisotopic (exact) mass is 222 g/mol. The number of likely N-dealkylation sites (tertiary alicyclic amines) is 1. The lowest BCUT2D eigenvalue weighted by molar-refractivity contribution is 0.145. The lowest BCUT2D eigenvalue weighted by atomic mass is 9.90. The fourth-order valence-corrected chi connectivity index (χ4v) is 2.23. The maximum atomic E-state index is 4.42. The van der Waals surface area contributed by atoms with E-state index < -0.39 is 0 Å². The van der Waals surface area contributed by atoms with Crippen LogP contribution < -0.4 is 5.32 Å². The van der Waals surface area contributed by atoms with Gasteiger partial charge in [0.2, 0.25) is 0 Å². The van der Waals surface area contributed by atoms with Crippen LogP contribution in [0, 0.1) is 0 Å². The van der Waals surface area contributed by atoms with Gasteiger partial charge in [-0.15, -0.1) is 0 Å². The Morgan fingerprint density at radius 1 is 1.44 bits per heavy atom. The minimum Gasteiger partial charge on any atom is -0.314 e. The summed E-state index contributed by atoms with van der Waals surface area (Å²) in [6.07, 6.45) is 4.45. The van der Waals surface area contributed by atoms with Crippen molar-refractivity contribution in [3.05, 3.63) is 18.0 Å². The van der Waals surface area contributed by atoms with Gasteiger partial charge in [0.05, 0.1) is 5.69 Å². The third-order valence-electron chi connectivity index (χ3n) is 3.72. The molecule has 1 aliphatic rings. The summed E-state index contributed by atoms with van der Waals surface area (Å²) in [5.41, 5.74) is 1.51. The molecule has 1 aromatic heterocycles. The molecule has 0 spiro atoms. The first-order valence-electron chi connectivity index (χ1n) is 6.01. The second-order valence-electron chi connectivity index (χ2n) is 5.07. The molecule has 0 radical (unpaired) electrons. The summed E-state index contributed by atoms with van der Waals surface area (Å²) in [5, 5.41) is 7.84. The molecule has 4 heteroatoms. The number of hydrogen-bond acceptors (Lipinski definition) is 3. The summed E-state index contributed by atoms with van der Waals surface area (Å²) in [5.74, 6) is 0. The lowest BCUT2D eigenvalue weighted by Gasteiger charge is -2.39. The van der Waals surface area contributed by atoms with Crippen molar-refractivity contribution in [3.8, 4) is 0 Å². The third-order valence-corrected chi connectivity index (χ3v) is 3.72. The summed E-state index contributed by atoms with van der Waals surface area (Å²) in [7, 11) is 4.03. The Kier molecular flexibility index (Phi) is 3.30. The number of nitrogens with one attached hydrogen (secondary N) is 1. The first-order valence-corrected chi connectivity index (χ1v) is 6.01. The Balaban J connectivity index is 1.86. The van der Waals surface area contributed by atoms with Crippen LogP contribution in [-0.4, -0.2) is 40.4 Å². The molecule has 0 saturated carbocycles. The highest BCUT2D eigenvalue weighted by Gasteiger charge is 2.28. The standard InChI is InChI=1S/C12H22N4/c1-12(13-2)5-8-16(9-6-12)10-11-4-7-15(3)14-11/h4,7,13H,5-6,8-10H2,1-3H3. The third kappa shape index (κ3) is 2.62. The van der Waals surface area contributed by atoms with Gasteiger partial charge in [0.25, 0.3) is 0 Å². The molecule has 0 amide bonds. The number of piperidine rings is 1. The summed E-state index contributed by atoms with van der Waals surface area (Å²) >= 11 is 0. The van der Waals surface area contributed by atoms with Crippen LogP contribution in [0.1, 0.15) is 25.5 Å². The molecule has 0 unspecified atom stereocenters. The number of aryl methyl sites for hydroxylation is 1. The smallest absolute Gasteiger partial charge is 0.0764 e. The normalized spacial score (nSPS) is 21.2. The molecule has 1 N–H and O–H groups in total. The molecule has 2 heterocycles. The van der Waals surface area contributed by atoms with Crippen molar-refractivity contribution in [2.45, 2.75) is 31.8 Å². The molecule has 90 valence electrons. The highest BCUT2D eigenvalue weighted by molar-refractivity contribution is 4.99. The average molecular weight is 222 g/mol. The molecule has 2 rings (SSSR count). The maximum absolute atomic E-state index is 4.42. The minimum atomic E-state index is 0.334. The minimum absolute atomic E-state index is 0.334. The molecule has 4 nitrogen and oxygen atoms in total. The summed E-state index contributed by atoms with van der Waals surface area (Å²) in [6.45, 7) is 5.62. The largest absolute Gasteiger partial charge is 0.314 e. The Morgan fingerprint density at radius 3 is 2.62 bits per heavy atom. The zero-order valence-corrected chi connectivity index (χ0v) is 10.5. The number of nitrogens with zero attached hydrogens (tertiary/aromatic N) is 3. The molecule has 0 aliphatic carbocycles. The second-order valence-corrected chi connectivity index (χ2v) is 5.07. The van der Waals surface area contributed by atoms with Crippen molar-refractivity contribution in [3.63, 3.8) is 0 Å². The van der Waals surface area contributed by atoms with Crippen LogP contribution in [0.5, 0.6) is 0 Å². The summed E-state index contributed by atoms with van der Waals surface area (Å²) < 4.78 is 1.87. The van der Waals surface area contributed by atoms with Gasteiger partial charge in [-0.05, 0) is 32.9 Å². The summed E-state index contributed by atoms with van der Waals surface area (Å²) in [4.78, 5) is 2.49. The van der Waals surface area contributed by atoms with Gasteiger partial charge in [0, 0.05) is 38.4 Å². The number of hydrogen-bond donors (Lipinski definition) is 1. The van der Waals surface area contributed by atoms with Crippen molar-refractivity contribution in [1.29, 1.82) is 0 Å². The first-order chi connectivity index (χ1) is 7.61. The van der Waals surface area contributed by atoms with Crippen LogP contribution in [0.4, 0.5) is 0 Å². The van der Waals surface area contributed by atoms with Crippen molar-refractivity contribution < 1.29 is 0 Å². The van der Waals surface area contributed by atoms with E-state index in [1.165, 1.54) is 18.5 Å².